The van der Waals surface area contributed by atoms with Gasteiger partial charge >= 0.3 is 0 Å². The maximum atomic E-state index is 13.0. The summed E-state index contributed by atoms with van der Waals surface area (Å²) in [5.41, 5.74) is 5.75. The Morgan fingerprint density at radius 3 is 2.68 bits per heavy atom. The van der Waals surface area contributed by atoms with E-state index >= 15 is 0 Å². The molecule has 0 aliphatic heterocycles. The van der Waals surface area contributed by atoms with E-state index in [4.69, 9.17) is 9.72 Å². The lowest BCUT2D eigenvalue weighted by Gasteiger charge is -2.13. The van der Waals surface area contributed by atoms with Gasteiger partial charge in [0.15, 0.2) is 11.5 Å². The van der Waals surface area contributed by atoms with E-state index in [0.717, 1.165) is 46.3 Å². The van der Waals surface area contributed by atoms with Gasteiger partial charge in [-0.15, -0.1) is 10.2 Å². The van der Waals surface area contributed by atoms with Crippen molar-refractivity contribution in [3.63, 3.8) is 0 Å². The van der Waals surface area contributed by atoms with Gasteiger partial charge in [-0.1, -0.05) is 24.3 Å². The SMILES string of the molecule is COc1ncnc(C2CC2)c1-c1ncc2ccc(=O)n(Cc3ccc(-c4cccn5cnnc45)cc3)c2n1. The third-order valence-electron chi connectivity index (χ3n) is 6.88. The van der Waals surface area contributed by atoms with Crippen LogP contribution in [0, 0.1) is 0 Å². The van der Waals surface area contributed by atoms with E-state index < -0.39 is 0 Å². The van der Waals surface area contributed by atoms with Gasteiger partial charge in [0.2, 0.25) is 5.88 Å². The number of hydrogen-bond donors (Lipinski definition) is 0. The molecule has 5 heterocycles. The Bertz CT molecular complexity index is 1870. The van der Waals surface area contributed by atoms with Crippen LogP contribution in [-0.2, 0) is 6.54 Å². The molecule has 10 nitrogen and oxygen atoms in total. The van der Waals surface area contributed by atoms with Gasteiger partial charge in [-0.2, -0.15) is 0 Å². The van der Waals surface area contributed by atoms with Gasteiger partial charge in [0, 0.05) is 35.3 Å². The van der Waals surface area contributed by atoms with Crippen LogP contribution in [0.15, 0.2) is 78.4 Å². The lowest BCUT2D eigenvalue weighted by Crippen LogP contribution is -2.21. The standard InChI is InChI=1S/C28H22N8O2/c1-38-28-23(24(19-8-9-19)30-15-31-28)25-29-13-20-10-11-22(37)36(26(20)33-25)14-17-4-6-18(7-5-17)21-3-2-12-35-16-32-34-27(21)35/h2-7,10-13,15-16,19H,8-9,14H2,1H3. The summed E-state index contributed by atoms with van der Waals surface area (Å²) in [7, 11) is 1.58. The molecule has 10 heteroatoms. The summed E-state index contributed by atoms with van der Waals surface area (Å²) >= 11 is 0. The first-order chi connectivity index (χ1) is 18.7. The van der Waals surface area contributed by atoms with Crippen LogP contribution in [0.1, 0.15) is 30.0 Å². The maximum absolute atomic E-state index is 13.0. The fraction of sp³-hybridized carbons (Fsp3) is 0.179. The first kappa shape index (κ1) is 22.2. The predicted molar refractivity (Wildman–Crippen MR) is 141 cm³/mol. The predicted octanol–water partition coefficient (Wildman–Crippen LogP) is 3.89. The Morgan fingerprint density at radius 2 is 1.87 bits per heavy atom. The van der Waals surface area contributed by atoms with Crippen molar-refractivity contribution >= 4 is 16.7 Å². The van der Waals surface area contributed by atoms with Crippen LogP contribution in [0.4, 0.5) is 0 Å². The van der Waals surface area contributed by atoms with Crippen molar-refractivity contribution in [2.75, 3.05) is 7.11 Å². The van der Waals surface area contributed by atoms with Gasteiger partial charge in [-0.05, 0) is 42.2 Å². The summed E-state index contributed by atoms with van der Waals surface area (Å²) in [6.07, 6.45) is 8.97. The molecule has 0 spiro atoms. The molecule has 0 unspecified atom stereocenters. The van der Waals surface area contributed by atoms with Crippen molar-refractivity contribution in [3.05, 3.63) is 95.2 Å². The average Bonchev–Trinajstić information content (AvgIpc) is 3.70. The van der Waals surface area contributed by atoms with Crippen LogP contribution in [0.25, 0.3) is 39.2 Å². The lowest BCUT2D eigenvalue weighted by atomic mass is 10.0. The molecule has 6 aromatic rings. The normalized spacial score (nSPS) is 13.3. The molecule has 0 radical (unpaired) electrons. The molecule has 0 N–H and O–H groups in total. The van der Waals surface area contributed by atoms with Crippen molar-refractivity contribution in [1.82, 2.24) is 39.1 Å². The summed E-state index contributed by atoms with van der Waals surface area (Å²) < 4.78 is 9.09. The minimum absolute atomic E-state index is 0.141. The highest BCUT2D eigenvalue weighted by molar-refractivity contribution is 5.79. The molecule has 1 aromatic carbocycles. The molecule has 1 aliphatic carbocycles. The van der Waals surface area contributed by atoms with E-state index in [-0.39, 0.29) is 5.56 Å². The molecule has 7 rings (SSSR count). The number of aromatic nitrogens is 8. The number of pyridine rings is 2. The van der Waals surface area contributed by atoms with Crippen LogP contribution < -0.4 is 10.3 Å². The zero-order chi connectivity index (χ0) is 25.6. The Morgan fingerprint density at radius 1 is 1.00 bits per heavy atom. The molecule has 0 saturated heterocycles. The number of methoxy groups -OCH3 is 1. The Labute approximate surface area is 216 Å². The minimum atomic E-state index is -0.141. The zero-order valence-corrected chi connectivity index (χ0v) is 20.5. The van der Waals surface area contributed by atoms with E-state index in [9.17, 15) is 4.79 Å². The Kier molecular flexibility index (Phi) is 5.17. The molecular weight excluding hydrogens is 480 g/mol. The van der Waals surface area contributed by atoms with Crippen molar-refractivity contribution in [2.45, 2.75) is 25.3 Å². The second-order valence-corrected chi connectivity index (χ2v) is 9.33. The lowest BCUT2D eigenvalue weighted by molar-refractivity contribution is 0.397. The molecular formula is C28H22N8O2. The number of rotatable bonds is 6. The number of benzene rings is 1. The van der Waals surface area contributed by atoms with E-state index in [1.807, 2.05) is 47.0 Å². The molecule has 0 amide bonds. The molecule has 1 saturated carbocycles. The third-order valence-corrected chi connectivity index (χ3v) is 6.88. The first-order valence-electron chi connectivity index (χ1n) is 12.3. The van der Waals surface area contributed by atoms with Gasteiger partial charge in [-0.3, -0.25) is 13.8 Å². The quantitative estimate of drug-likeness (QED) is 0.337. The van der Waals surface area contributed by atoms with Crippen LogP contribution >= 0.6 is 0 Å². The van der Waals surface area contributed by atoms with Gasteiger partial charge in [0.25, 0.3) is 5.56 Å². The van der Waals surface area contributed by atoms with Crippen molar-refractivity contribution < 1.29 is 4.74 Å². The fourth-order valence-corrected chi connectivity index (χ4v) is 4.81. The highest BCUT2D eigenvalue weighted by Crippen LogP contribution is 2.44. The largest absolute Gasteiger partial charge is 0.480 e. The van der Waals surface area contributed by atoms with Gasteiger partial charge in [0.1, 0.15) is 23.9 Å². The monoisotopic (exact) mass is 502 g/mol. The number of fused-ring (bicyclic) bond motifs is 2. The van der Waals surface area contributed by atoms with Crippen LogP contribution in [0.2, 0.25) is 0 Å². The van der Waals surface area contributed by atoms with E-state index in [1.54, 1.807) is 36.3 Å². The average molecular weight is 503 g/mol. The van der Waals surface area contributed by atoms with Gasteiger partial charge in [-0.25, -0.2) is 19.9 Å². The maximum Gasteiger partial charge on any atom is 0.252 e. The van der Waals surface area contributed by atoms with Gasteiger partial charge < -0.3 is 4.74 Å². The van der Waals surface area contributed by atoms with E-state index in [1.165, 1.54) is 6.33 Å². The topological polar surface area (TPSA) is 113 Å². The van der Waals surface area contributed by atoms with Crippen LogP contribution in [-0.4, -0.2) is 46.2 Å². The van der Waals surface area contributed by atoms with Crippen molar-refractivity contribution in [1.29, 1.82) is 0 Å². The Balaban J connectivity index is 1.29. The van der Waals surface area contributed by atoms with Crippen molar-refractivity contribution in [2.24, 2.45) is 0 Å². The molecule has 5 aromatic heterocycles. The summed E-state index contributed by atoms with van der Waals surface area (Å²) in [5.74, 6) is 1.23. The summed E-state index contributed by atoms with van der Waals surface area (Å²) in [5, 5.41) is 9.01. The summed E-state index contributed by atoms with van der Waals surface area (Å²) in [6.45, 7) is 0.361. The zero-order valence-electron chi connectivity index (χ0n) is 20.5. The van der Waals surface area contributed by atoms with Crippen molar-refractivity contribution in [3.8, 4) is 28.4 Å². The number of nitrogens with zero attached hydrogens (tertiary/aromatic N) is 8. The molecule has 1 aliphatic rings. The number of hydrogen-bond acceptors (Lipinski definition) is 8. The summed E-state index contributed by atoms with van der Waals surface area (Å²) in [6, 6.07) is 15.4. The summed E-state index contributed by atoms with van der Waals surface area (Å²) in [4.78, 5) is 31.3. The molecule has 38 heavy (non-hydrogen) atoms. The van der Waals surface area contributed by atoms with Crippen LogP contribution in [0.3, 0.4) is 0 Å². The Hall–Kier alpha value is -4.99. The second kappa shape index (κ2) is 8.84. The minimum Gasteiger partial charge on any atom is -0.480 e. The van der Waals surface area contributed by atoms with E-state index in [2.05, 4.69) is 25.1 Å². The molecule has 186 valence electrons. The first-order valence-corrected chi connectivity index (χ1v) is 12.3. The van der Waals surface area contributed by atoms with Crippen LogP contribution in [0.5, 0.6) is 5.88 Å². The van der Waals surface area contributed by atoms with E-state index in [0.29, 0.717) is 35.4 Å². The second-order valence-electron chi connectivity index (χ2n) is 9.33. The van der Waals surface area contributed by atoms with Gasteiger partial charge in [0.05, 0.1) is 19.3 Å². The molecule has 0 atom stereocenters. The highest BCUT2D eigenvalue weighted by atomic mass is 16.5. The fourth-order valence-electron chi connectivity index (χ4n) is 4.81. The highest BCUT2D eigenvalue weighted by Gasteiger charge is 2.31. The molecule has 1 fully saturated rings. The smallest absolute Gasteiger partial charge is 0.252 e. The molecule has 0 bridgehead atoms. The number of ether oxygens (including phenoxy) is 1. The third kappa shape index (κ3) is 3.78.